The van der Waals surface area contributed by atoms with Crippen molar-refractivity contribution >= 4 is 5.97 Å². The molecule has 0 aliphatic rings. The van der Waals surface area contributed by atoms with Crippen LogP contribution in [0.25, 0.3) is 0 Å². The van der Waals surface area contributed by atoms with Gasteiger partial charge in [-0.3, -0.25) is 0 Å². The summed E-state index contributed by atoms with van der Waals surface area (Å²) in [5.41, 5.74) is 1.56. The van der Waals surface area contributed by atoms with E-state index in [9.17, 15) is 4.79 Å². The van der Waals surface area contributed by atoms with Crippen molar-refractivity contribution in [1.29, 1.82) is 0 Å². The zero-order valence-electron chi connectivity index (χ0n) is 21.0. The van der Waals surface area contributed by atoms with Crippen LogP contribution < -0.4 is 9.47 Å². The molecule has 0 aliphatic heterocycles. The summed E-state index contributed by atoms with van der Waals surface area (Å²) in [6, 6.07) is 14.7. The van der Waals surface area contributed by atoms with Crippen LogP contribution in [-0.2, 0) is 4.74 Å². The van der Waals surface area contributed by atoms with E-state index in [4.69, 9.17) is 14.2 Å². The summed E-state index contributed by atoms with van der Waals surface area (Å²) < 4.78 is 17.4. The highest BCUT2D eigenvalue weighted by atomic mass is 16.5. The van der Waals surface area contributed by atoms with E-state index in [1.807, 2.05) is 38.1 Å². The average molecular weight is 455 g/mol. The van der Waals surface area contributed by atoms with Gasteiger partial charge in [-0.05, 0) is 75.1 Å². The van der Waals surface area contributed by atoms with Crippen molar-refractivity contribution in [2.24, 2.45) is 0 Å². The molecule has 2 aromatic rings. The van der Waals surface area contributed by atoms with Crippen LogP contribution in [0.5, 0.6) is 11.5 Å². The largest absolute Gasteiger partial charge is 0.490 e. The second-order valence-corrected chi connectivity index (χ2v) is 8.67. The molecule has 0 saturated heterocycles. The van der Waals surface area contributed by atoms with Crippen molar-refractivity contribution in [3.8, 4) is 11.5 Å². The summed E-state index contributed by atoms with van der Waals surface area (Å²) >= 11 is 0. The van der Waals surface area contributed by atoms with Crippen LogP contribution in [0, 0.1) is 0 Å². The molecule has 2 unspecified atom stereocenters. The topological polar surface area (TPSA) is 44.8 Å². The Kier molecular flexibility index (Phi) is 12.6. The smallest absolute Gasteiger partial charge is 0.343 e. The molecule has 33 heavy (non-hydrogen) atoms. The normalized spacial score (nSPS) is 12.8. The van der Waals surface area contributed by atoms with Gasteiger partial charge in [0.1, 0.15) is 11.5 Å². The number of rotatable bonds is 16. The number of ether oxygens (including phenoxy) is 3. The molecule has 0 bridgehead atoms. The number of unbranched alkanes of at least 4 members (excludes halogenated alkanes) is 5. The van der Waals surface area contributed by atoms with Crippen LogP contribution >= 0.6 is 0 Å². The Balaban J connectivity index is 1.84. The first-order chi connectivity index (χ1) is 16.1. The molecule has 0 radical (unpaired) electrons. The van der Waals surface area contributed by atoms with Crippen molar-refractivity contribution in [2.75, 3.05) is 6.61 Å². The highest BCUT2D eigenvalue weighted by Gasteiger charge is 2.12. The van der Waals surface area contributed by atoms with E-state index in [0.717, 1.165) is 30.6 Å². The summed E-state index contributed by atoms with van der Waals surface area (Å²) in [6.45, 7) is 9.07. The number of carbonyl (C=O) groups excluding carboxylic acids is 1. The molecule has 0 fully saturated rings. The van der Waals surface area contributed by atoms with E-state index in [1.54, 1.807) is 24.3 Å². The third-order valence-corrected chi connectivity index (χ3v) is 5.86. The lowest BCUT2D eigenvalue weighted by Crippen LogP contribution is -2.16. The van der Waals surface area contributed by atoms with Gasteiger partial charge in [0.05, 0.1) is 17.8 Å². The SMILES string of the molecule is CCCCCCCCC(CCC)Oc1ccc(OC(=O)c2ccc(C(C)OCC)cc2)cc1. The fourth-order valence-corrected chi connectivity index (χ4v) is 3.92. The second kappa shape index (κ2) is 15.5. The van der Waals surface area contributed by atoms with Gasteiger partial charge in [-0.1, -0.05) is 64.5 Å². The molecule has 0 aliphatic carbocycles. The quantitative estimate of drug-likeness (QED) is 0.145. The molecule has 2 aromatic carbocycles. The maximum absolute atomic E-state index is 12.5. The monoisotopic (exact) mass is 454 g/mol. The standard InChI is InChI=1S/C29H42O4/c1-5-8-9-10-11-12-14-26(13-6-2)32-27-19-21-28(22-20-27)33-29(30)25-17-15-24(16-18-25)23(4)31-7-3/h15-23,26H,5-14H2,1-4H3. The molecule has 0 amide bonds. The molecule has 4 nitrogen and oxygen atoms in total. The predicted octanol–water partition coefficient (Wildman–Crippen LogP) is 8.30. The minimum atomic E-state index is -0.369. The van der Waals surface area contributed by atoms with Gasteiger partial charge in [0, 0.05) is 6.61 Å². The minimum Gasteiger partial charge on any atom is -0.490 e. The van der Waals surface area contributed by atoms with E-state index in [0.29, 0.717) is 17.9 Å². The first kappa shape index (κ1) is 26.9. The van der Waals surface area contributed by atoms with Gasteiger partial charge >= 0.3 is 5.97 Å². The summed E-state index contributed by atoms with van der Waals surface area (Å²) in [4.78, 5) is 12.5. The third kappa shape index (κ3) is 10.00. The van der Waals surface area contributed by atoms with Crippen molar-refractivity contribution in [3.63, 3.8) is 0 Å². The Morgan fingerprint density at radius 3 is 2.03 bits per heavy atom. The lowest BCUT2D eigenvalue weighted by atomic mass is 10.0. The van der Waals surface area contributed by atoms with Crippen LogP contribution in [0.2, 0.25) is 0 Å². The Hall–Kier alpha value is -2.33. The van der Waals surface area contributed by atoms with Gasteiger partial charge in [0.25, 0.3) is 0 Å². The van der Waals surface area contributed by atoms with Crippen LogP contribution in [0.1, 0.15) is 108 Å². The molecule has 0 spiro atoms. The maximum atomic E-state index is 12.5. The number of benzene rings is 2. The summed E-state index contributed by atoms with van der Waals surface area (Å²) in [5.74, 6) is 0.974. The molecule has 4 heteroatoms. The van der Waals surface area contributed by atoms with Crippen molar-refractivity contribution in [3.05, 3.63) is 59.7 Å². The molecule has 0 heterocycles. The Labute approximate surface area is 200 Å². The summed E-state index contributed by atoms with van der Waals surface area (Å²) in [5, 5.41) is 0. The van der Waals surface area contributed by atoms with Crippen molar-refractivity contribution < 1.29 is 19.0 Å². The van der Waals surface area contributed by atoms with Gasteiger partial charge in [0.2, 0.25) is 0 Å². The summed E-state index contributed by atoms with van der Waals surface area (Å²) in [7, 11) is 0. The van der Waals surface area contributed by atoms with Crippen LogP contribution in [0.4, 0.5) is 0 Å². The third-order valence-electron chi connectivity index (χ3n) is 5.86. The molecule has 182 valence electrons. The average Bonchev–Trinajstić information content (AvgIpc) is 2.83. The number of carbonyl (C=O) groups is 1. The fraction of sp³-hybridized carbons (Fsp3) is 0.552. The molecule has 0 aromatic heterocycles. The van der Waals surface area contributed by atoms with Gasteiger partial charge in [0.15, 0.2) is 0 Å². The molecule has 0 saturated carbocycles. The van der Waals surface area contributed by atoms with Crippen LogP contribution in [0.15, 0.2) is 48.5 Å². The van der Waals surface area contributed by atoms with Gasteiger partial charge in [-0.2, -0.15) is 0 Å². The van der Waals surface area contributed by atoms with E-state index >= 15 is 0 Å². The van der Waals surface area contributed by atoms with E-state index in [-0.39, 0.29) is 18.2 Å². The molecule has 2 rings (SSSR count). The van der Waals surface area contributed by atoms with Crippen LogP contribution in [0.3, 0.4) is 0 Å². The van der Waals surface area contributed by atoms with E-state index in [1.165, 1.54) is 38.5 Å². The maximum Gasteiger partial charge on any atom is 0.343 e. The number of esters is 1. The van der Waals surface area contributed by atoms with Gasteiger partial charge in [-0.15, -0.1) is 0 Å². The van der Waals surface area contributed by atoms with Crippen LogP contribution in [-0.4, -0.2) is 18.7 Å². The Morgan fingerprint density at radius 2 is 1.39 bits per heavy atom. The predicted molar refractivity (Wildman–Crippen MR) is 135 cm³/mol. The summed E-state index contributed by atoms with van der Waals surface area (Å²) in [6.07, 6.45) is 11.3. The molecule has 0 N–H and O–H groups in total. The highest BCUT2D eigenvalue weighted by molar-refractivity contribution is 5.91. The number of hydrogen-bond acceptors (Lipinski definition) is 4. The minimum absolute atomic E-state index is 0.00482. The first-order valence-electron chi connectivity index (χ1n) is 12.8. The molecule has 2 atom stereocenters. The first-order valence-corrected chi connectivity index (χ1v) is 12.8. The zero-order valence-corrected chi connectivity index (χ0v) is 21.0. The molecular formula is C29H42O4. The second-order valence-electron chi connectivity index (χ2n) is 8.67. The van der Waals surface area contributed by atoms with Crippen molar-refractivity contribution in [1.82, 2.24) is 0 Å². The number of hydrogen-bond donors (Lipinski definition) is 0. The van der Waals surface area contributed by atoms with E-state index in [2.05, 4.69) is 13.8 Å². The zero-order chi connectivity index (χ0) is 23.9. The highest BCUT2D eigenvalue weighted by Crippen LogP contribution is 2.23. The van der Waals surface area contributed by atoms with Crippen molar-refractivity contribution in [2.45, 2.75) is 97.7 Å². The van der Waals surface area contributed by atoms with Gasteiger partial charge < -0.3 is 14.2 Å². The molecular weight excluding hydrogens is 412 g/mol. The lowest BCUT2D eigenvalue weighted by Gasteiger charge is -2.19. The Bertz CT molecular complexity index is 782. The Morgan fingerprint density at radius 1 is 0.758 bits per heavy atom. The van der Waals surface area contributed by atoms with E-state index < -0.39 is 0 Å². The fourth-order valence-electron chi connectivity index (χ4n) is 3.92. The lowest BCUT2D eigenvalue weighted by molar-refractivity contribution is 0.0728. The van der Waals surface area contributed by atoms with Gasteiger partial charge in [-0.25, -0.2) is 4.79 Å².